The molecule has 0 aliphatic heterocycles. The Labute approximate surface area is 149 Å². The summed E-state index contributed by atoms with van der Waals surface area (Å²) in [6, 6.07) is 19.6. The lowest BCUT2D eigenvalue weighted by atomic mass is 9.97. The van der Waals surface area contributed by atoms with Gasteiger partial charge in [0, 0.05) is 10.6 Å². The monoisotopic (exact) mass is 352 g/mol. The fraction of sp³-hybridized carbons (Fsp3) is 0. The summed E-state index contributed by atoms with van der Waals surface area (Å²) in [4.78, 5) is 24.5. The Hall–Kier alpha value is -3.11. The molecule has 0 spiro atoms. The van der Waals surface area contributed by atoms with E-state index in [2.05, 4.69) is 0 Å². The first-order valence-corrected chi connectivity index (χ1v) is 7.83. The maximum Gasteiger partial charge on any atom is 0.336 e. The van der Waals surface area contributed by atoms with Gasteiger partial charge in [-0.1, -0.05) is 35.9 Å². The van der Waals surface area contributed by atoms with Crippen molar-refractivity contribution in [2.24, 2.45) is 0 Å². The summed E-state index contributed by atoms with van der Waals surface area (Å²) in [5, 5.41) is 9.96. The molecule has 0 fully saturated rings. The number of para-hydroxylation sites is 1. The fourth-order valence-electron chi connectivity index (χ4n) is 2.39. The Kier molecular flexibility index (Phi) is 4.82. The van der Waals surface area contributed by atoms with E-state index >= 15 is 0 Å². The molecule has 3 aromatic rings. The first-order valence-electron chi connectivity index (χ1n) is 7.46. The van der Waals surface area contributed by atoms with Gasteiger partial charge in [-0.3, -0.25) is 4.79 Å². The van der Waals surface area contributed by atoms with Crippen LogP contribution in [0.4, 0.5) is 0 Å². The number of rotatable bonds is 5. The average molecular weight is 353 g/mol. The summed E-state index contributed by atoms with van der Waals surface area (Å²) >= 11 is 5.85. The number of carboxylic acids is 1. The van der Waals surface area contributed by atoms with Crippen LogP contribution < -0.4 is 4.74 Å². The summed E-state index contributed by atoms with van der Waals surface area (Å²) in [6.45, 7) is 0. The van der Waals surface area contributed by atoms with Gasteiger partial charge >= 0.3 is 5.97 Å². The molecule has 124 valence electrons. The highest BCUT2D eigenvalue weighted by atomic mass is 35.5. The van der Waals surface area contributed by atoms with Gasteiger partial charge in [0.05, 0.1) is 11.1 Å². The molecule has 0 aromatic heterocycles. The predicted molar refractivity (Wildman–Crippen MR) is 94.8 cm³/mol. The van der Waals surface area contributed by atoms with Gasteiger partial charge < -0.3 is 9.84 Å². The van der Waals surface area contributed by atoms with Gasteiger partial charge in [0.25, 0.3) is 0 Å². The van der Waals surface area contributed by atoms with E-state index in [1.165, 1.54) is 6.07 Å². The molecule has 0 atom stereocenters. The largest absolute Gasteiger partial charge is 0.478 e. The van der Waals surface area contributed by atoms with Crippen molar-refractivity contribution in [3.05, 3.63) is 94.5 Å². The van der Waals surface area contributed by atoms with Gasteiger partial charge in [-0.05, 0) is 48.5 Å². The molecule has 1 N–H and O–H groups in total. The molecule has 0 saturated carbocycles. The highest BCUT2D eigenvalue weighted by Gasteiger charge is 2.23. The predicted octanol–water partition coefficient (Wildman–Crippen LogP) is 5.06. The molecule has 0 radical (unpaired) electrons. The quantitative estimate of drug-likeness (QED) is 0.652. The molecular weight excluding hydrogens is 340 g/mol. The van der Waals surface area contributed by atoms with Gasteiger partial charge in [-0.15, -0.1) is 0 Å². The van der Waals surface area contributed by atoms with Gasteiger partial charge in [-0.25, -0.2) is 4.79 Å². The molecule has 0 aliphatic rings. The van der Waals surface area contributed by atoms with Crippen LogP contribution in [-0.2, 0) is 0 Å². The van der Waals surface area contributed by atoms with Crippen LogP contribution >= 0.6 is 11.6 Å². The maximum absolute atomic E-state index is 12.9. The minimum atomic E-state index is -1.20. The standard InChI is InChI=1S/C20H13ClO4/c21-14-11-9-13(10-12-14)19(22)18-16(20(23)24)7-4-8-17(18)25-15-5-2-1-3-6-15/h1-12H,(H,23,24). The van der Waals surface area contributed by atoms with E-state index in [9.17, 15) is 14.7 Å². The number of ketones is 1. The Morgan fingerprint density at radius 1 is 0.840 bits per heavy atom. The molecule has 5 heteroatoms. The number of aromatic carboxylic acids is 1. The smallest absolute Gasteiger partial charge is 0.336 e. The van der Waals surface area contributed by atoms with Crippen molar-refractivity contribution in [1.82, 2.24) is 0 Å². The summed E-state index contributed by atoms with van der Waals surface area (Å²) in [5.74, 6) is -0.947. The molecule has 0 bridgehead atoms. The van der Waals surface area contributed by atoms with Crippen molar-refractivity contribution in [2.75, 3.05) is 0 Å². The van der Waals surface area contributed by atoms with Crippen molar-refractivity contribution in [3.8, 4) is 11.5 Å². The van der Waals surface area contributed by atoms with E-state index in [0.717, 1.165) is 0 Å². The van der Waals surface area contributed by atoms with Crippen LogP contribution in [-0.4, -0.2) is 16.9 Å². The van der Waals surface area contributed by atoms with Crippen LogP contribution in [0.3, 0.4) is 0 Å². The third-order valence-electron chi connectivity index (χ3n) is 3.56. The Morgan fingerprint density at radius 2 is 1.52 bits per heavy atom. The molecule has 3 rings (SSSR count). The van der Waals surface area contributed by atoms with Gasteiger partial charge in [0.2, 0.25) is 0 Å². The zero-order chi connectivity index (χ0) is 17.8. The molecule has 0 amide bonds. The highest BCUT2D eigenvalue weighted by molar-refractivity contribution is 6.30. The van der Waals surface area contributed by atoms with Crippen molar-refractivity contribution in [1.29, 1.82) is 0 Å². The average Bonchev–Trinajstić information content (AvgIpc) is 2.62. The third kappa shape index (κ3) is 3.70. The van der Waals surface area contributed by atoms with Gasteiger partial charge in [-0.2, -0.15) is 0 Å². The summed E-state index contributed by atoms with van der Waals surface area (Å²) < 4.78 is 5.76. The van der Waals surface area contributed by atoms with Crippen LogP contribution in [0, 0.1) is 0 Å². The molecule has 4 nitrogen and oxygen atoms in total. The van der Waals surface area contributed by atoms with E-state index in [4.69, 9.17) is 16.3 Å². The van der Waals surface area contributed by atoms with Crippen LogP contribution in [0.15, 0.2) is 72.8 Å². The SMILES string of the molecule is O=C(O)c1cccc(Oc2ccccc2)c1C(=O)c1ccc(Cl)cc1. The maximum atomic E-state index is 12.9. The van der Waals surface area contributed by atoms with Crippen molar-refractivity contribution < 1.29 is 19.4 Å². The molecule has 0 unspecified atom stereocenters. The molecule has 0 heterocycles. The summed E-state index contributed by atoms with van der Waals surface area (Å²) in [5.41, 5.74) is 0.213. The van der Waals surface area contributed by atoms with E-state index in [0.29, 0.717) is 16.3 Å². The second kappa shape index (κ2) is 7.20. The first kappa shape index (κ1) is 16.7. The summed E-state index contributed by atoms with van der Waals surface area (Å²) in [7, 11) is 0. The van der Waals surface area contributed by atoms with E-state index in [1.54, 1.807) is 60.7 Å². The van der Waals surface area contributed by atoms with Crippen molar-refractivity contribution in [3.63, 3.8) is 0 Å². The highest BCUT2D eigenvalue weighted by Crippen LogP contribution is 2.30. The lowest BCUT2D eigenvalue weighted by molar-refractivity contribution is 0.0692. The molecule has 3 aromatic carbocycles. The number of ether oxygens (including phenoxy) is 1. The lowest BCUT2D eigenvalue weighted by Crippen LogP contribution is -2.11. The second-order valence-electron chi connectivity index (χ2n) is 5.23. The van der Waals surface area contributed by atoms with Gasteiger partial charge in [0.1, 0.15) is 11.5 Å². The Balaban J connectivity index is 2.10. The normalized spacial score (nSPS) is 10.3. The number of benzene rings is 3. The number of hydrogen-bond donors (Lipinski definition) is 1. The zero-order valence-corrected chi connectivity index (χ0v) is 13.7. The van der Waals surface area contributed by atoms with Crippen molar-refractivity contribution in [2.45, 2.75) is 0 Å². The number of hydrogen-bond acceptors (Lipinski definition) is 3. The second-order valence-corrected chi connectivity index (χ2v) is 5.67. The molecule has 25 heavy (non-hydrogen) atoms. The Bertz CT molecular complexity index is 918. The van der Waals surface area contributed by atoms with Crippen molar-refractivity contribution >= 4 is 23.4 Å². The number of carbonyl (C=O) groups excluding carboxylic acids is 1. The van der Waals surface area contributed by atoms with E-state index in [-0.39, 0.29) is 16.9 Å². The fourth-order valence-corrected chi connectivity index (χ4v) is 2.52. The molecule has 0 aliphatic carbocycles. The third-order valence-corrected chi connectivity index (χ3v) is 3.81. The molecular formula is C20H13ClO4. The van der Waals surface area contributed by atoms with E-state index in [1.807, 2.05) is 6.07 Å². The zero-order valence-electron chi connectivity index (χ0n) is 13.0. The minimum Gasteiger partial charge on any atom is -0.478 e. The first-order chi connectivity index (χ1) is 12.1. The van der Waals surface area contributed by atoms with Crippen LogP contribution in [0.1, 0.15) is 26.3 Å². The van der Waals surface area contributed by atoms with Crippen LogP contribution in [0.5, 0.6) is 11.5 Å². The van der Waals surface area contributed by atoms with E-state index < -0.39 is 11.8 Å². The lowest BCUT2D eigenvalue weighted by Gasteiger charge is -2.13. The number of carboxylic acid groups (broad SMARTS) is 1. The Morgan fingerprint density at radius 3 is 2.16 bits per heavy atom. The topological polar surface area (TPSA) is 63.6 Å². The van der Waals surface area contributed by atoms with Crippen LogP contribution in [0.25, 0.3) is 0 Å². The van der Waals surface area contributed by atoms with Gasteiger partial charge in [0.15, 0.2) is 5.78 Å². The number of carbonyl (C=O) groups is 2. The molecule has 0 saturated heterocycles. The number of halogens is 1. The van der Waals surface area contributed by atoms with Crippen LogP contribution in [0.2, 0.25) is 5.02 Å². The summed E-state index contributed by atoms with van der Waals surface area (Å²) in [6.07, 6.45) is 0. The minimum absolute atomic E-state index is 0.00109.